The fourth-order valence-corrected chi connectivity index (χ4v) is 2.36. The summed E-state index contributed by atoms with van der Waals surface area (Å²) in [4.78, 5) is 0.112. The molecular weight excluding hydrogens is 316 g/mol. The van der Waals surface area contributed by atoms with E-state index in [1.807, 2.05) is 6.07 Å². The van der Waals surface area contributed by atoms with Gasteiger partial charge in [-0.15, -0.1) is 10.2 Å². The van der Waals surface area contributed by atoms with Crippen LogP contribution in [0.1, 0.15) is 5.82 Å². The van der Waals surface area contributed by atoms with Gasteiger partial charge in [0.2, 0.25) is 5.82 Å². The molecule has 0 aliphatic carbocycles. The Bertz CT molecular complexity index is 823. The molecule has 108 valence electrons. The van der Waals surface area contributed by atoms with E-state index in [1.54, 1.807) is 0 Å². The van der Waals surface area contributed by atoms with E-state index in [9.17, 15) is 8.42 Å². The summed E-state index contributed by atoms with van der Waals surface area (Å²) in [6.07, 6.45) is 2.45. The maximum atomic E-state index is 11.4. The Labute approximate surface area is 125 Å². The first kappa shape index (κ1) is 15.0. The monoisotopic (exact) mass is 324 g/mol. The van der Waals surface area contributed by atoms with Crippen LogP contribution >= 0.6 is 11.6 Å². The Balaban J connectivity index is 2.27. The summed E-state index contributed by atoms with van der Waals surface area (Å²) in [6.45, 7) is 0. The van der Waals surface area contributed by atoms with Gasteiger partial charge >= 0.3 is 0 Å². The lowest BCUT2D eigenvalue weighted by atomic mass is 10.3. The van der Waals surface area contributed by atoms with Gasteiger partial charge in [0.05, 0.1) is 15.6 Å². The maximum Gasteiger partial charge on any atom is 0.216 e. The molecule has 0 saturated carbocycles. The highest BCUT2D eigenvalue weighted by atomic mass is 35.5. The van der Waals surface area contributed by atoms with Crippen LogP contribution in [-0.2, 0) is 9.84 Å². The lowest BCUT2D eigenvalue weighted by Crippen LogP contribution is -1.98. The summed E-state index contributed by atoms with van der Waals surface area (Å²) in [5.74, 6) is 0.133. The number of nitrogens with one attached hydrogen (secondary N) is 2. The van der Waals surface area contributed by atoms with Crippen molar-refractivity contribution in [1.29, 1.82) is 5.26 Å². The Hall–Kier alpha value is -2.44. The molecule has 0 aliphatic rings. The number of sulfone groups is 1. The highest BCUT2D eigenvalue weighted by molar-refractivity contribution is 7.90. The zero-order valence-corrected chi connectivity index (χ0v) is 12.3. The van der Waals surface area contributed by atoms with Gasteiger partial charge in [-0.1, -0.05) is 11.6 Å². The van der Waals surface area contributed by atoms with Crippen molar-refractivity contribution in [2.45, 2.75) is 4.90 Å². The minimum Gasteiger partial charge on any atom is -0.359 e. The lowest BCUT2D eigenvalue weighted by Gasteiger charge is -2.06. The fraction of sp³-hybridized carbons (Fsp3) is 0.0909. The minimum absolute atomic E-state index is 0.112. The molecule has 1 heterocycles. The van der Waals surface area contributed by atoms with Crippen LogP contribution in [0.5, 0.6) is 0 Å². The van der Waals surface area contributed by atoms with Crippen LogP contribution in [-0.4, -0.2) is 35.3 Å². The maximum absolute atomic E-state index is 11.4. The van der Waals surface area contributed by atoms with Crippen LogP contribution in [0.2, 0.25) is 5.02 Å². The van der Waals surface area contributed by atoms with E-state index in [0.717, 1.165) is 6.26 Å². The zero-order chi connectivity index (χ0) is 15.5. The Morgan fingerprint density at radius 2 is 2.29 bits per heavy atom. The molecule has 1 aromatic carbocycles. The number of tetrazole rings is 1. The molecule has 0 bridgehead atoms. The number of halogens is 1. The average Bonchev–Trinajstić information content (AvgIpc) is 2.94. The summed E-state index contributed by atoms with van der Waals surface area (Å²) in [6, 6.07) is 6.15. The number of nitriles is 1. The van der Waals surface area contributed by atoms with E-state index in [2.05, 4.69) is 25.9 Å². The van der Waals surface area contributed by atoms with Gasteiger partial charge < -0.3 is 5.32 Å². The Morgan fingerprint density at radius 1 is 1.52 bits per heavy atom. The van der Waals surface area contributed by atoms with Crippen molar-refractivity contribution in [3.63, 3.8) is 0 Å². The number of hydrogen-bond acceptors (Lipinski definition) is 7. The smallest absolute Gasteiger partial charge is 0.216 e. The van der Waals surface area contributed by atoms with Crippen molar-refractivity contribution < 1.29 is 8.42 Å². The molecule has 8 nitrogen and oxygen atoms in total. The standard InChI is InChI=1S/C11H9ClN6O2S/c1-21(19,20)8-2-3-10(9(12)4-8)14-6-7(5-13)11-15-17-18-16-11/h2-4,6,14H,1H3,(H,15,16,17,18). The summed E-state index contributed by atoms with van der Waals surface area (Å²) in [5.41, 5.74) is 0.590. The third-order valence-corrected chi connectivity index (χ3v) is 3.87. The van der Waals surface area contributed by atoms with Gasteiger partial charge in [-0.3, -0.25) is 0 Å². The molecule has 1 aromatic heterocycles. The van der Waals surface area contributed by atoms with E-state index in [0.29, 0.717) is 5.69 Å². The van der Waals surface area contributed by atoms with Crippen molar-refractivity contribution in [2.24, 2.45) is 0 Å². The number of nitrogens with zero attached hydrogens (tertiary/aromatic N) is 4. The Kier molecular flexibility index (Phi) is 4.21. The molecule has 0 aliphatic heterocycles. The van der Waals surface area contributed by atoms with E-state index >= 15 is 0 Å². The first-order chi connectivity index (χ1) is 9.91. The molecule has 0 fully saturated rings. The molecule has 2 N–H and O–H groups in total. The second-order valence-electron chi connectivity index (χ2n) is 3.96. The van der Waals surface area contributed by atoms with Crippen LogP contribution < -0.4 is 5.32 Å². The average molecular weight is 325 g/mol. The number of aromatic nitrogens is 4. The second kappa shape index (κ2) is 5.90. The van der Waals surface area contributed by atoms with Gasteiger partial charge in [0.15, 0.2) is 9.84 Å². The van der Waals surface area contributed by atoms with E-state index < -0.39 is 9.84 Å². The molecule has 21 heavy (non-hydrogen) atoms. The number of H-pyrrole nitrogens is 1. The van der Waals surface area contributed by atoms with Gasteiger partial charge in [-0.25, -0.2) is 8.42 Å². The first-order valence-corrected chi connectivity index (χ1v) is 7.79. The number of aromatic amines is 1. The SMILES string of the molecule is CS(=O)(=O)c1ccc(NC=C(C#N)c2nn[nH]n2)c(Cl)c1. The molecule has 0 atom stereocenters. The van der Waals surface area contributed by atoms with Crippen molar-refractivity contribution in [3.8, 4) is 6.07 Å². The van der Waals surface area contributed by atoms with Crippen LogP contribution in [0.3, 0.4) is 0 Å². The van der Waals surface area contributed by atoms with Gasteiger partial charge in [-0.2, -0.15) is 10.5 Å². The molecule has 0 unspecified atom stereocenters. The minimum atomic E-state index is -3.33. The van der Waals surface area contributed by atoms with Crippen LogP contribution in [0, 0.1) is 11.3 Å². The van der Waals surface area contributed by atoms with Gasteiger partial charge in [0.1, 0.15) is 11.6 Å². The molecule has 0 radical (unpaired) electrons. The predicted molar refractivity (Wildman–Crippen MR) is 76.0 cm³/mol. The molecular formula is C11H9ClN6O2S. The largest absolute Gasteiger partial charge is 0.359 e. The molecule has 10 heteroatoms. The van der Waals surface area contributed by atoms with Crippen molar-refractivity contribution >= 4 is 32.7 Å². The van der Waals surface area contributed by atoms with Crippen LogP contribution in [0.4, 0.5) is 5.69 Å². The predicted octanol–water partition coefficient (Wildman–Crippen LogP) is 1.23. The fourth-order valence-electron chi connectivity index (χ4n) is 1.42. The number of rotatable bonds is 4. The van der Waals surface area contributed by atoms with Crippen LogP contribution in [0.25, 0.3) is 5.57 Å². The molecule has 2 rings (SSSR count). The van der Waals surface area contributed by atoms with Crippen LogP contribution in [0.15, 0.2) is 29.3 Å². The first-order valence-electron chi connectivity index (χ1n) is 5.52. The number of hydrogen-bond donors (Lipinski definition) is 2. The number of benzene rings is 1. The summed E-state index contributed by atoms with van der Waals surface area (Å²) in [5, 5.41) is 25.0. The highest BCUT2D eigenvalue weighted by Gasteiger charge is 2.10. The normalized spacial score (nSPS) is 12.0. The van der Waals surface area contributed by atoms with E-state index in [1.165, 1.54) is 24.4 Å². The number of anilines is 1. The quantitative estimate of drug-likeness (QED) is 0.810. The summed E-state index contributed by atoms with van der Waals surface area (Å²) < 4.78 is 22.8. The number of allylic oxidation sites excluding steroid dienone is 1. The summed E-state index contributed by atoms with van der Waals surface area (Å²) >= 11 is 6.00. The zero-order valence-electron chi connectivity index (χ0n) is 10.7. The van der Waals surface area contributed by atoms with Crippen molar-refractivity contribution in [3.05, 3.63) is 35.2 Å². The molecule has 0 amide bonds. The summed E-state index contributed by atoms with van der Waals surface area (Å²) in [7, 11) is -3.33. The van der Waals surface area contributed by atoms with Gasteiger partial charge in [0, 0.05) is 12.5 Å². The third-order valence-electron chi connectivity index (χ3n) is 2.45. The van der Waals surface area contributed by atoms with E-state index in [-0.39, 0.29) is 21.3 Å². The third kappa shape index (κ3) is 3.56. The van der Waals surface area contributed by atoms with Crippen molar-refractivity contribution in [1.82, 2.24) is 20.6 Å². The molecule has 2 aromatic rings. The highest BCUT2D eigenvalue weighted by Crippen LogP contribution is 2.25. The topological polar surface area (TPSA) is 124 Å². The second-order valence-corrected chi connectivity index (χ2v) is 6.39. The van der Waals surface area contributed by atoms with Crippen molar-refractivity contribution in [2.75, 3.05) is 11.6 Å². The Morgan fingerprint density at radius 3 is 2.81 bits per heavy atom. The van der Waals surface area contributed by atoms with E-state index in [4.69, 9.17) is 16.9 Å². The van der Waals surface area contributed by atoms with Gasteiger partial charge in [0.25, 0.3) is 0 Å². The van der Waals surface area contributed by atoms with Gasteiger partial charge in [-0.05, 0) is 23.4 Å². The molecule has 0 spiro atoms. The molecule has 0 saturated heterocycles. The lowest BCUT2D eigenvalue weighted by molar-refractivity contribution is 0.602.